The topological polar surface area (TPSA) is 102 Å². The van der Waals surface area contributed by atoms with Crippen molar-refractivity contribution < 1.29 is 22.7 Å². The number of methoxy groups -OCH3 is 1. The number of hydrogen-bond donors (Lipinski definition) is 2. The lowest BCUT2D eigenvalue weighted by molar-refractivity contribution is -0.117. The summed E-state index contributed by atoms with van der Waals surface area (Å²) in [4.78, 5) is 23.1. The number of ether oxygens (including phenoxy) is 1. The molecule has 9 heteroatoms. The molecule has 2 amide bonds. The van der Waals surface area contributed by atoms with Gasteiger partial charge in [-0.15, -0.1) is 0 Å². The lowest BCUT2D eigenvalue weighted by Crippen LogP contribution is -2.28. The number of nitrogens with one attached hydrogen (secondary N) is 2. The summed E-state index contributed by atoms with van der Waals surface area (Å²) in [5.74, 6) is -0.339. The monoisotopic (exact) mass is 474 g/mol. The SMILES string of the molecule is COc1ccc(C(=O)Nc2ccc(S(=O)(=O)NC(C)=O)cc2)cc1I. The van der Waals surface area contributed by atoms with Crippen LogP contribution < -0.4 is 14.8 Å². The van der Waals surface area contributed by atoms with Gasteiger partial charge in [0, 0.05) is 18.2 Å². The Morgan fingerprint density at radius 2 is 1.72 bits per heavy atom. The van der Waals surface area contributed by atoms with Gasteiger partial charge in [0.2, 0.25) is 5.91 Å². The average molecular weight is 474 g/mol. The smallest absolute Gasteiger partial charge is 0.264 e. The van der Waals surface area contributed by atoms with E-state index in [1.807, 2.05) is 4.72 Å². The fourth-order valence-electron chi connectivity index (χ4n) is 1.98. The molecular formula is C16H15IN2O5S. The fourth-order valence-corrected chi connectivity index (χ4v) is 3.70. The lowest BCUT2D eigenvalue weighted by atomic mass is 10.2. The molecule has 0 aromatic heterocycles. The number of benzene rings is 2. The number of sulfonamides is 1. The number of carbonyl (C=O) groups is 2. The summed E-state index contributed by atoms with van der Waals surface area (Å²) in [6.45, 7) is 1.11. The normalized spacial score (nSPS) is 10.8. The van der Waals surface area contributed by atoms with E-state index in [0.29, 0.717) is 17.0 Å². The Morgan fingerprint density at radius 3 is 2.24 bits per heavy atom. The minimum Gasteiger partial charge on any atom is -0.496 e. The molecule has 0 spiro atoms. The van der Waals surface area contributed by atoms with Gasteiger partial charge < -0.3 is 10.1 Å². The van der Waals surface area contributed by atoms with Crippen LogP contribution in [0.4, 0.5) is 5.69 Å². The van der Waals surface area contributed by atoms with Crippen LogP contribution in [0.2, 0.25) is 0 Å². The van der Waals surface area contributed by atoms with E-state index >= 15 is 0 Å². The van der Waals surface area contributed by atoms with Crippen molar-refractivity contribution in [2.24, 2.45) is 0 Å². The number of halogens is 1. The highest BCUT2D eigenvalue weighted by Gasteiger charge is 2.15. The maximum Gasteiger partial charge on any atom is 0.264 e. The van der Waals surface area contributed by atoms with Crippen LogP contribution in [-0.4, -0.2) is 27.3 Å². The van der Waals surface area contributed by atoms with Gasteiger partial charge in [-0.1, -0.05) is 0 Å². The molecule has 7 nitrogen and oxygen atoms in total. The maximum absolute atomic E-state index is 12.3. The summed E-state index contributed by atoms with van der Waals surface area (Å²) < 4.78 is 31.5. The lowest BCUT2D eigenvalue weighted by Gasteiger charge is -2.09. The Kier molecular flexibility index (Phi) is 6.01. The highest BCUT2D eigenvalue weighted by molar-refractivity contribution is 14.1. The van der Waals surface area contributed by atoms with Crippen molar-refractivity contribution >= 4 is 50.1 Å². The van der Waals surface area contributed by atoms with Crippen LogP contribution in [0.1, 0.15) is 17.3 Å². The van der Waals surface area contributed by atoms with E-state index in [1.165, 1.54) is 24.3 Å². The van der Waals surface area contributed by atoms with Gasteiger partial charge in [0.05, 0.1) is 15.6 Å². The summed E-state index contributed by atoms with van der Waals surface area (Å²) in [6, 6.07) is 10.5. The van der Waals surface area contributed by atoms with Crippen LogP contribution in [0.15, 0.2) is 47.4 Å². The van der Waals surface area contributed by atoms with Crippen LogP contribution in [0.3, 0.4) is 0 Å². The number of carbonyl (C=O) groups excluding carboxylic acids is 2. The summed E-state index contributed by atoms with van der Waals surface area (Å²) >= 11 is 2.07. The van der Waals surface area contributed by atoms with E-state index < -0.39 is 15.9 Å². The van der Waals surface area contributed by atoms with Gasteiger partial charge in [0.1, 0.15) is 5.75 Å². The third kappa shape index (κ3) is 4.92. The minimum absolute atomic E-state index is 0.0697. The molecular weight excluding hydrogens is 459 g/mol. The molecule has 132 valence electrons. The molecule has 0 aliphatic heterocycles. The molecule has 0 radical (unpaired) electrons. The molecule has 2 aromatic carbocycles. The van der Waals surface area contributed by atoms with Crippen molar-refractivity contribution in [3.63, 3.8) is 0 Å². The van der Waals surface area contributed by atoms with Gasteiger partial charge in [0.15, 0.2) is 0 Å². The molecule has 0 atom stereocenters. The molecule has 0 fully saturated rings. The summed E-state index contributed by atoms with van der Waals surface area (Å²) in [7, 11) is -2.35. The first-order valence-corrected chi connectivity index (χ1v) is 9.57. The van der Waals surface area contributed by atoms with Crippen molar-refractivity contribution in [2.45, 2.75) is 11.8 Å². The molecule has 2 aromatic rings. The molecule has 25 heavy (non-hydrogen) atoms. The van der Waals surface area contributed by atoms with Crippen molar-refractivity contribution in [2.75, 3.05) is 12.4 Å². The first-order valence-electron chi connectivity index (χ1n) is 7.01. The Morgan fingerprint density at radius 1 is 1.08 bits per heavy atom. The maximum atomic E-state index is 12.3. The Bertz CT molecular complexity index is 911. The highest BCUT2D eigenvalue weighted by Crippen LogP contribution is 2.22. The molecule has 0 unspecified atom stereocenters. The van der Waals surface area contributed by atoms with Gasteiger partial charge in [-0.25, -0.2) is 13.1 Å². The molecule has 0 saturated carbocycles. The van der Waals surface area contributed by atoms with Crippen LogP contribution in [0.5, 0.6) is 5.75 Å². The van der Waals surface area contributed by atoms with E-state index in [2.05, 4.69) is 27.9 Å². The fraction of sp³-hybridized carbons (Fsp3) is 0.125. The second kappa shape index (κ2) is 7.83. The third-order valence-electron chi connectivity index (χ3n) is 3.11. The second-order valence-corrected chi connectivity index (χ2v) is 7.83. The first kappa shape index (κ1) is 19.2. The molecule has 0 bridgehead atoms. The van der Waals surface area contributed by atoms with Crippen molar-refractivity contribution in [3.05, 3.63) is 51.6 Å². The van der Waals surface area contributed by atoms with E-state index in [-0.39, 0.29) is 10.8 Å². The summed E-state index contributed by atoms with van der Waals surface area (Å²) in [6.07, 6.45) is 0. The van der Waals surface area contributed by atoms with Crippen molar-refractivity contribution in [3.8, 4) is 5.75 Å². The molecule has 0 saturated heterocycles. The number of rotatable bonds is 5. The van der Waals surface area contributed by atoms with Crippen LogP contribution in [0, 0.1) is 3.57 Å². The number of anilines is 1. The largest absolute Gasteiger partial charge is 0.496 e. The zero-order valence-corrected chi connectivity index (χ0v) is 16.3. The predicted octanol–water partition coefficient (Wildman–Crippen LogP) is 2.38. The van der Waals surface area contributed by atoms with Crippen molar-refractivity contribution in [1.82, 2.24) is 4.72 Å². The standard InChI is InChI=1S/C16H15IN2O5S/c1-10(20)19-25(22,23)13-6-4-12(5-7-13)18-16(21)11-3-8-15(24-2)14(17)9-11/h3-9H,1-2H3,(H,18,21)(H,19,20). The quantitative estimate of drug-likeness (QED) is 0.649. The van der Waals surface area contributed by atoms with Gasteiger partial charge in [-0.2, -0.15) is 0 Å². The Labute approximate surface area is 159 Å². The second-order valence-electron chi connectivity index (χ2n) is 4.99. The van der Waals surface area contributed by atoms with Crippen LogP contribution in [0.25, 0.3) is 0 Å². The summed E-state index contributed by atoms with van der Waals surface area (Å²) in [5, 5.41) is 2.68. The first-order chi connectivity index (χ1) is 11.7. The number of amides is 2. The van der Waals surface area contributed by atoms with E-state index in [9.17, 15) is 18.0 Å². The molecule has 2 rings (SSSR count). The van der Waals surface area contributed by atoms with Crippen LogP contribution >= 0.6 is 22.6 Å². The average Bonchev–Trinajstić information content (AvgIpc) is 2.54. The highest BCUT2D eigenvalue weighted by atomic mass is 127. The van der Waals surface area contributed by atoms with Crippen LogP contribution in [-0.2, 0) is 14.8 Å². The zero-order chi connectivity index (χ0) is 18.6. The predicted molar refractivity (Wildman–Crippen MR) is 101 cm³/mol. The molecule has 0 aliphatic carbocycles. The zero-order valence-electron chi connectivity index (χ0n) is 13.4. The third-order valence-corrected chi connectivity index (χ3v) is 5.41. The molecule has 0 heterocycles. The molecule has 2 N–H and O–H groups in total. The van der Waals surface area contributed by atoms with E-state index in [1.54, 1.807) is 25.3 Å². The van der Waals surface area contributed by atoms with E-state index in [0.717, 1.165) is 10.5 Å². The summed E-state index contributed by atoms with van der Waals surface area (Å²) in [5.41, 5.74) is 0.873. The van der Waals surface area contributed by atoms with Gasteiger partial charge in [-0.05, 0) is 65.1 Å². The molecule has 0 aliphatic rings. The number of hydrogen-bond acceptors (Lipinski definition) is 5. The van der Waals surface area contributed by atoms with Gasteiger partial charge in [-0.3, -0.25) is 9.59 Å². The van der Waals surface area contributed by atoms with Crippen molar-refractivity contribution in [1.29, 1.82) is 0 Å². The Balaban J connectivity index is 2.14. The van der Waals surface area contributed by atoms with Gasteiger partial charge >= 0.3 is 0 Å². The van der Waals surface area contributed by atoms with E-state index in [4.69, 9.17) is 4.74 Å². The minimum atomic E-state index is -3.90. The Hall–Kier alpha value is -2.14. The van der Waals surface area contributed by atoms with Gasteiger partial charge in [0.25, 0.3) is 15.9 Å².